The van der Waals surface area contributed by atoms with Crippen molar-refractivity contribution in [2.45, 2.75) is 6.92 Å². The summed E-state index contributed by atoms with van der Waals surface area (Å²) in [5.74, 6) is -0.984. The number of carbonyl (C=O) groups excluding carboxylic acids is 2. The topological polar surface area (TPSA) is 117 Å². The lowest BCUT2D eigenvalue weighted by Crippen LogP contribution is -2.15. The van der Waals surface area contributed by atoms with Gasteiger partial charge >= 0.3 is 11.9 Å². The molecule has 9 heteroatoms. The van der Waals surface area contributed by atoms with Crippen LogP contribution in [0.3, 0.4) is 0 Å². The van der Waals surface area contributed by atoms with Gasteiger partial charge in [-0.25, -0.2) is 9.59 Å². The number of carbonyl (C=O) groups is 2. The molecule has 0 bridgehead atoms. The number of nitro benzene ring substituents is 1. The van der Waals surface area contributed by atoms with Gasteiger partial charge in [-0.15, -0.1) is 0 Å². The summed E-state index contributed by atoms with van der Waals surface area (Å²) in [6.45, 7) is 1.88. The highest BCUT2D eigenvalue weighted by molar-refractivity contribution is 5.98. The second kappa shape index (κ2) is 9.17. The lowest BCUT2D eigenvalue weighted by Gasteiger charge is -2.12. The minimum Gasteiger partial charge on any atom is -0.466 e. The van der Waals surface area contributed by atoms with Gasteiger partial charge in [-0.3, -0.25) is 10.1 Å². The third kappa shape index (κ3) is 5.56. The first kappa shape index (κ1) is 20.4. The van der Waals surface area contributed by atoms with Crippen LogP contribution in [-0.4, -0.2) is 31.1 Å². The molecule has 0 saturated heterocycles. The molecule has 0 aliphatic rings. The monoisotopic (exact) mass is 386 g/mol. The maximum absolute atomic E-state index is 11.9. The molecule has 0 aliphatic heterocycles. The highest BCUT2D eigenvalue weighted by atomic mass is 16.6. The fourth-order valence-corrected chi connectivity index (χ4v) is 2.22. The number of benzene rings is 2. The second-order valence-electron chi connectivity index (χ2n) is 5.59. The first-order valence-corrected chi connectivity index (χ1v) is 8.01. The van der Waals surface area contributed by atoms with Crippen molar-refractivity contribution >= 4 is 23.3 Å². The zero-order valence-corrected chi connectivity index (χ0v) is 15.4. The molecule has 28 heavy (non-hydrogen) atoms. The maximum Gasteiger partial charge on any atom is 0.354 e. The average molecular weight is 386 g/mol. The number of hydrogen-bond acceptors (Lipinski definition) is 8. The quantitative estimate of drug-likeness (QED) is 0.333. The van der Waals surface area contributed by atoms with Crippen molar-refractivity contribution in [3.05, 3.63) is 69.9 Å². The Bertz CT molecular complexity index is 938. The minimum absolute atomic E-state index is 0.150. The second-order valence-corrected chi connectivity index (χ2v) is 5.59. The number of aryl methyl sites for hydroxylation is 1. The molecular formula is C19H18N2O7. The SMILES string of the molecule is COC(=O)/C=C(/Nc1cc(Oc2cccc(C)c2)cc([N+](=O)[O-])c1)C(=O)OC. The zero-order chi connectivity index (χ0) is 20.7. The highest BCUT2D eigenvalue weighted by Gasteiger charge is 2.17. The number of anilines is 1. The summed E-state index contributed by atoms with van der Waals surface area (Å²) in [6.07, 6.45) is 0.881. The average Bonchev–Trinajstić information content (AvgIpc) is 2.66. The summed E-state index contributed by atoms with van der Waals surface area (Å²) in [5.41, 5.74) is 0.582. The van der Waals surface area contributed by atoms with Gasteiger partial charge in [0.25, 0.3) is 5.69 Å². The molecule has 0 unspecified atom stereocenters. The Kier molecular flexibility index (Phi) is 6.69. The molecule has 0 heterocycles. The molecule has 0 fully saturated rings. The number of non-ortho nitro benzene ring substituents is 1. The van der Waals surface area contributed by atoms with Crippen LogP contribution in [0.15, 0.2) is 54.2 Å². The van der Waals surface area contributed by atoms with Gasteiger partial charge in [-0.1, -0.05) is 12.1 Å². The summed E-state index contributed by atoms with van der Waals surface area (Å²) in [4.78, 5) is 34.0. The molecule has 2 aromatic carbocycles. The number of hydrogen-bond donors (Lipinski definition) is 1. The molecule has 2 aromatic rings. The van der Waals surface area contributed by atoms with Crippen molar-refractivity contribution in [1.29, 1.82) is 0 Å². The molecule has 1 N–H and O–H groups in total. The Hall–Kier alpha value is -3.88. The first-order chi connectivity index (χ1) is 13.3. The number of nitrogens with zero attached hydrogens (tertiary/aromatic N) is 1. The van der Waals surface area contributed by atoms with Crippen LogP contribution in [0.1, 0.15) is 5.56 Å². The number of rotatable bonds is 7. The van der Waals surface area contributed by atoms with Gasteiger partial charge < -0.3 is 19.5 Å². The van der Waals surface area contributed by atoms with Crippen LogP contribution in [0, 0.1) is 17.0 Å². The van der Waals surface area contributed by atoms with Crippen LogP contribution in [0.5, 0.6) is 11.5 Å². The van der Waals surface area contributed by atoms with Crippen molar-refractivity contribution in [3.8, 4) is 11.5 Å². The smallest absolute Gasteiger partial charge is 0.354 e. The van der Waals surface area contributed by atoms with Gasteiger partial charge in [0.05, 0.1) is 31.3 Å². The van der Waals surface area contributed by atoms with Crippen LogP contribution < -0.4 is 10.1 Å². The molecule has 2 rings (SSSR count). The van der Waals surface area contributed by atoms with Gasteiger partial charge in [0.2, 0.25) is 0 Å². The molecule has 0 aliphatic carbocycles. The molecule has 0 spiro atoms. The van der Waals surface area contributed by atoms with Crippen LogP contribution in [-0.2, 0) is 19.1 Å². The zero-order valence-electron chi connectivity index (χ0n) is 15.4. The largest absolute Gasteiger partial charge is 0.466 e. The van der Waals surface area contributed by atoms with Crippen molar-refractivity contribution in [2.75, 3.05) is 19.5 Å². The summed E-state index contributed by atoms with van der Waals surface area (Å²) in [7, 11) is 2.28. The van der Waals surface area contributed by atoms with Crippen LogP contribution in [0.2, 0.25) is 0 Å². The Balaban J connectivity index is 2.40. The fourth-order valence-electron chi connectivity index (χ4n) is 2.22. The van der Waals surface area contributed by atoms with Crippen LogP contribution in [0.25, 0.3) is 0 Å². The summed E-state index contributed by atoms with van der Waals surface area (Å²) < 4.78 is 14.8. The Morgan fingerprint density at radius 1 is 1.07 bits per heavy atom. The van der Waals surface area contributed by atoms with E-state index in [0.717, 1.165) is 25.9 Å². The van der Waals surface area contributed by atoms with E-state index < -0.39 is 16.9 Å². The first-order valence-electron chi connectivity index (χ1n) is 8.01. The Morgan fingerprint density at radius 3 is 2.43 bits per heavy atom. The van der Waals surface area contributed by atoms with E-state index in [-0.39, 0.29) is 22.8 Å². The van der Waals surface area contributed by atoms with Crippen LogP contribution >= 0.6 is 0 Å². The third-order valence-electron chi connectivity index (χ3n) is 3.48. The molecular weight excluding hydrogens is 368 g/mol. The molecule has 0 radical (unpaired) electrons. The van der Waals surface area contributed by atoms with E-state index >= 15 is 0 Å². The number of nitro groups is 1. The molecule has 146 valence electrons. The summed E-state index contributed by atoms with van der Waals surface area (Å²) >= 11 is 0. The van der Waals surface area contributed by atoms with E-state index in [2.05, 4.69) is 14.8 Å². The maximum atomic E-state index is 11.9. The molecule has 0 amide bonds. The van der Waals surface area contributed by atoms with Gasteiger partial charge in [-0.2, -0.15) is 0 Å². The van der Waals surface area contributed by atoms with Gasteiger partial charge in [0.1, 0.15) is 17.2 Å². The van der Waals surface area contributed by atoms with Gasteiger partial charge in [0.15, 0.2) is 0 Å². The van der Waals surface area contributed by atoms with E-state index in [1.807, 2.05) is 13.0 Å². The Labute approximate surface area is 160 Å². The summed E-state index contributed by atoms with van der Waals surface area (Å²) in [6, 6.07) is 11.0. The van der Waals surface area contributed by atoms with Crippen LogP contribution in [0.4, 0.5) is 11.4 Å². The molecule has 9 nitrogen and oxygen atoms in total. The third-order valence-corrected chi connectivity index (χ3v) is 3.48. The molecule has 0 aromatic heterocycles. The minimum atomic E-state index is -0.849. The van der Waals surface area contributed by atoms with E-state index in [0.29, 0.717) is 5.75 Å². The predicted octanol–water partition coefficient (Wildman–Crippen LogP) is 3.34. The lowest BCUT2D eigenvalue weighted by molar-refractivity contribution is -0.384. The van der Waals surface area contributed by atoms with Crippen molar-refractivity contribution < 1.29 is 28.7 Å². The Morgan fingerprint density at radius 2 is 1.82 bits per heavy atom. The van der Waals surface area contributed by atoms with Gasteiger partial charge in [-0.05, 0) is 24.6 Å². The fraction of sp³-hybridized carbons (Fsp3) is 0.158. The van der Waals surface area contributed by atoms with E-state index in [9.17, 15) is 19.7 Å². The number of nitrogens with one attached hydrogen (secondary N) is 1. The number of ether oxygens (including phenoxy) is 3. The van der Waals surface area contributed by atoms with Crippen molar-refractivity contribution in [1.82, 2.24) is 0 Å². The normalized spacial score (nSPS) is 10.8. The van der Waals surface area contributed by atoms with E-state index in [1.54, 1.807) is 18.2 Å². The number of methoxy groups -OCH3 is 2. The molecule has 0 atom stereocenters. The number of esters is 2. The predicted molar refractivity (Wildman–Crippen MR) is 100 cm³/mol. The standard InChI is InChI=1S/C19H18N2O7/c1-12-5-4-6-15(7-12)28-16-9-13(8-14(10-16)21(24)25)20-17(19(23)27-3)11-18(22)26-2/h4-11,20H,1-3H3/b17-11+. The summed E-state index contributed by atoms with van der Waals surface area (Å²) in [5, 5.41) is 13.9. The van der Waals surface area contributed by atoms with Crippen molar-refractivity contribution in [2.24, 2.45) is 0 Å². The van der Waals surface area contributed by atoms with E-state index in [1.165, 1.54) is 18.2 Å². The van der Waals surface area contributed by atoms with E-state index in [4.69, 9.17) is 4.74 Å². The highest BCUT2D eigenvalue weighted by Crippen LogP contribution is 2.30. The van der Waals surface area contributed by atoms with Gasteiger partial charge in [0, 0.05) is 17.8 Å². The van der Waals surface area contributed by atoms with Crippen molar-refractivity contribution in [3.63, 3.8) is 0 Å². The lowest BCUT2D eigenvalue weighted by atomic mass is 10.2. The molecule has 0 saturated carbocycles.